The average Bonchev–Trinajstić information content (AvgIpc) is 3.09. The Bertz CT molecular complexity index is 977. The first kappa shape index (κ1) is 22.9. The molecule has 4 heteroatoms. The number of rotatable bonds is 8. The number of aryl methyl sites for hydroxylation is 1. The molecule has 0 amide bonds. The molecule has 4 nitrogen and oxygen atoms in total. The van der Waals surface area contributed by atoms with Crippen LogP contribution >= 0.6 is 0 Å². The molecule has 0 heterocycles. The lowest BCUT2D eigenvalue weighted by molar-refractivity contribution is 0.0694. The smallest absolute Gasteiger partial charge is 0.122 e. The Kier molecular flexibility index (Phi) is 6.05. The van der Waals surface area contributed by atoms with Crippen LogP contribution in [0.4, 0.5) is 0 Å². The van der Waals surface area contributed by atoms with Gasteiger partial charge in [0.05, 0.1) is 25.9 Å². The third kappa shape index (κ3) is 4.22. The Labute approximate surface area is 198 Å². The maximum Gasteiger partial charge on any atom is 0.122 e. The van der Waals surface area contributed by atoms with Gasteiger partial charge in [-0.1, -0.05) is 37.3 Å². The van der Waals surface area contributed by atoms with Gasteiger partial charge in [0.25, 0.3) is 0 Å². The van der Waals surface area contributed by atoms with Gasteiger partial charge in [-0.15, -0.1) is 0 Å². The molecule has 0 radical (unpaired) electrons. The average molecular weight is 450 g/mol. The van der Waals surface area contributed by atoms with Crippen LogP contribution < -0.4 is 10.5 Å². The molecule has 5 rings (SSSR count). The van der Waals surface area contributed by atoms with E-state index in [9.17, 15) is 10.2 Å². The van der Waals surface area contributed by atoms with Crippen molar-refractivity contribution in [3.05, 3.63) is 53.6 Å². The molecule has 5 unspecified atom stereocenters. The van der Waals surface area contributed by atoms with Crippen LogP contribution in [0.5, 0.6) is 5.75 Å². The second-order valence-corrected chi connectivity index (χ2v) is 11.5. The SMILES string of the molecule is COc1ccc(-c2ccc(CCC(N)(CO)CO)cc2)cc1C1(C)CC2CC3CC(C1)C3C2. The van der Waals surface area contributed by atoms with Crippen LogP contribution in [0.15, 0.2) is 42.5 Å². The molecule has 4 N–H and O–H groups in total. The summed E-state index contributed by atoms with van der Waals surface area (Å²) < 4.78 is 5.88. The van der Waals surface area contributed by atoms with Gasteiger partial charge in [-0.2, -0.15) is 0 Å². The second-order valence-electron chi connectivity index (χ2n) is 11.5. The maximum atomic E-state index is 9.43. The number of fused-ring (bicyclic) bond motifs is 1. The Hall–Kier alpha value is -1.88. The highest BCUT2D eigenvalue weighted by molar-refractivity contribution is 5.67. The molecule has 3 aliphatic rings. The van der Waals surface area contributed by atoms with E-state index in [4.69, 9.17) is 10.5 Å². The monoisotopic (exact) mass is 449 g/mol. The minimum Gasteiger partial charge on any atom is -0.496 e. The Morgan fingerprint density at radius 1 is 0.970 bits per heavy atom. The Morgan fingerprint density at radius 2 is 1.70 bits per heavy atom. The lowest BCUT2D eigenvalue weighted by Gasteiger charge is -2.46. The van der Waals surface area contributed by atoms with Crippen molar-refractivity contribution in [1.82, 2.24) is 0 Å². The maximum absolute atomic E-state index is 9.43. The van der Waals surface area contributed by atoms with Crippen molar-refractivity contribution < 1.29 is 14.9 Å². The van der Waals surface area contributed by atoms with E-state index in [0.717, 1.165) is 41.4 Å². The molecule has 3 saturated carbocycles. The lowest BCUT2D eigenvalue weighted by Crippen LogP contribution is -2.47. The van der Waals surface area contributed by atoms with Crippen molar-refractivity contribution in [1.29, 1.82) is 0 Å². The summed E-state index contributed by atoms with van der Waals surface area (Å²) in [5.41, 5.74) is 10.3. The van der Waals surface area contributed by atoms with Gasteiger partial charge in [0.15, 0.2) is 0 Å². The minimum absolute atomic E-state index is 0.176. The van der Waals surface area contributed by atoms with Crippen LogP contribution in [0.3, 0.4) is 0 Å². The van der Waals surface area contributed by atoms with Crippen molar-refractivity contribution >= 4 is 0 Å². The number of ether oxygens (including phenoxy) is 1. The topological polar surface area (TPSA) is 75.7 Å². The summed E-state index contributed by atoms with van der Waals surface area (Å²) in [5.74, 6) is 4.81. The van der Waals surface area contributed by atoms with Crippen LogP contribution in [-0.2, 0) is 11.8 Å². The summed E-state index contributed by atoms with van der Waals surface area (Å²) in [6.45, 7) is 2.06. The lowest BCUT2D eigenvalue weighted by atomic mass is 9.59. The minimum atomic E-state index is -0.919. The van der Waals surface area contributed by atoms with E-state index in [1.807, 2.05) is 0 Å². The van der Waals surface area contributed by atoms with Crippen molar-refractivity contribution in [3.8, 4) is 16.9 Å². The number of aliphatic hydroxyl groups is 2. The molecule has 2 aromatic carbocycles. The number of hydrogen-bond donors (Lipinski definition) is 3. The fraction of sp³-hybridized carbons (Fsp3) is 0.586. The van der Waals surface area contributed by atoms with Crippen LogP contribution in [0.25, 0.3) is 11.1 Å². The predicted molar refractivity (Wildman–Crippen MR) is 132 cm³/mol. The highest BCUT2D eigenvalue weighted by Gasteiger charge is 2.54. The quantitative estimate of drug-likeness (QED) is 0.546. The van der Waals surface area contributed by atoms with Crippen LogP contribution in [0.1, 0.15) is 56.6 Å². The zero-order chi connectivity index (χ0) is 23.2. The van der Waals surface area contributed by atoms with E-state index in [0.29, 0.717) is 6.42 Å². The molecule has 5 atom stereocenters. The Balaban J connectivity index is 1.38. The largest absolute Gasteiger partial charge is 0.496 e. The number of benzene rings is 2. The first-order valence-corrected chi connectivity index (χ1v) is 12.6. The molecule has 0 spiro atoms. The van der Waals surface area contributed by atoms with Gasteiger partial charge in [-0.3, -0.25) is 0 Å². The van der Waals surface area contributed by atoms with Crippen molar-refractivity contribution in [2.45, 2.75) is 62.8 Å². The summed E-state index contributed by atoms with van der Waals surface area (Å²) in [6.07, 6.45) is 8.19. The van der Waals surface area contributed by atoms with E-state index >= 15 is 0 Å². The van der Waals surface area contributed by atoms with Crippen molar-refractivity contribution in [2.75, 3.05) is 20.3 Å². The zero-order valence-electron chi connectivity index (χ0n) is 20.1. The highest BCUT2D eigenvalue weighted by atomic mass is 16.5. The third-order valence-corrected chi connectivity index (χ3v) is 9.19. The first-order valence-electron chi connectivity index (χ1n) is 12.6. The molecular formula is C29H39NO3. The molecule has 2 bridgehead atoms. The normalized spacial score (nSPS) is 30.6. The molecular weight excluding hydrogens is 410 g/mol. The summed E-state index contributed by atoms with van der Waals surface area (Å²) >= 11 is 0. The number of methoxy groups -OCH3 is 1. The van der Waals surface area contributed by atoms with Crippen molar-refractivity contribution in [2.24, 2.45) is 29.4 Å². The van der Waals surface area contributed by atoms with Crippen LogP contribution in [-0.4, -0.2) is 36.1 Å². The van der Waals surface area contributed by atoms with E-state index in [1.54, 1.807) is 7.11 Å². The summed E-state index contributed by atoms with van der Waals surface area (Å²) in [6, 6.07) is 15.3. The third-order valence-electron chi connectivity index (χ3n) is 9.19. The van der Waals surface area contributed by atoms with E-state index < -0.39 is 5.54 Å². The predicted octanol–water partition coefficient (Wildman–Crippen LogP) is 4.69. The highest BCUT2D eigenvalue weighted by Crippen LogP contribution is 2.63. The zero-order valence-corrected chi connectivity index (χ0v) is 20.1. The van der Waals surface area contributed by atoms with E-state index in [1.165, 1.54) is 48.8 Å². The fourth-order valence-electron chi connectivity index (χ4n) is 7.24. The van der Waals surface area contributed by atoms with Crippen LogP contribution in [0.2, 0.25) is 0 Å². The van der Waals surface area contributed by atoms with Gasteiger partial charge in [-0.25, -0.2) is 0 Å². The van der Waals surface area contributed by atoms with Gasteiger partial charge in [0.1, 0.15) is 5.75 Å². The molecule has 0 aliphatic heterocycles. The molecule has 33 heavy (non-hydrogen) atoms. The van der Waals surface area contributed by atoms with Gasteiger partial charge < -0.3 is 20.7 Å². The van der Waals surface area contributed by atoms with Gasteiger partial charge in [0.2, 0.25) is 0 Å². The standard InChI is InChI=1S/C29H39NO3/c1-28(15-20-11-23-13-24(16-28)25(23)12-20)26-14-22(7-8-27(26)33-2)21-5-3-19(4-6-21)9-10-29(30,17-31)18-32/h3-8,14,20,23-25,31-32H,9-13,15-18,30H2,1-2H3. The van der Waals surface area contributed by atoms with Gasteiger partial charge in [0, 0.05) is 5.56 Å². The van der Waals surface area contributed by atoms with Crippen LogP contribution in [0, 0.1) is 23.7 Å². The van der Waals surface area contributed by atoms with E-state index in [2.05, 4.69) is 49.4 Å². The van der Waals surface area contributed by atoms with Gasteiger partial charge >= 0.3 is 0 Å². The first-order chi connectivity index (χ1) is 15.9. The molecule has 0 aromatic heterocycles. The second kappa shape index (κ2) is 8.72. The number of aliphatic hydroxyl groups excluding tert-OH is 2. The Morgan fingerprint density at radius 3 is 2.39 bits per heavy atom. The number of nitrogens with two attached hydrogens (primary N) is 1. The summed E-state index contributed by atoms with van der Waals surface area (Å²) in [4.78, 5) is 0. The molecule has 178 valence electrons. The molecule has 2 aromatic rings. The summed E-state index contributed by atoms with van der Waals surface area (Å²) in [7, 11) is 1.80. The number of hydrogen-bond acceptors (Lipinski definition) is 4. The molecule has 3 aliphatic carbocycles. The van der Waals surface area contributed by atoms with Crippen molar-refractivity contribution in [3.63, 3.8) is 0 Å². The molecule has 3 fully saturated rings. The summed E-state index contributed by atoms with van der Waals surface area (Å²) in [5, 5.41) is 18.9. The fourth-order valence-corrected chi connectivity index (χ4v) is 7.24. The molecule has 0 saturated heterocycles. The van der Waals surface area contributed by atoms with E-state index in [-0.39, 0.29) is 18.6 Å². The van der Waals surface area contributed by atoms with Gasteiger partial charge in [-0.05, 0) is 103 Å².